The molecular formula is C21H16N4O. The lowest BCUT2D eigenvalue weighted by Gasteiger charge is -2.09. The van der Waals surface area contributed by atoms with Crippen LogP contribution in [0.4, 0.5) is 0 Å². The van der Waals surface area contributed by atoms with Gasteiger partial charge in [-0.1, -0.05) is 12.1 Å². The molecule has 1 N–H and O–H groups in total. The second-order valence-corrected chi connectivity index (χ2v) is 6.26. The van der Waals surface area contributed by atoms with E-state index in [1.165, 1.54) is 16.7 Å². The summed E-state index contributed by atoms with van der Waals surface area (Å²) in [5.41, 5.74) is 8.77. The number of pyridine rings is 2. The standard InChI is InChI=1S/C21H16N4O/c1-26-21-7-3-14(10-23-21)15-8-17-16(4-6-18(17)22-11-15)13-2-5-19-20(9-13)25-12-24-19/h2-5,7-12H,6H2,1H3,(H,24,25). The molecule has 5 heteroatoms. The number of rotatable bonds is 3. The van der Waals surface area contributed by atoms with Gasteiger partial charge in [-0.15, -0.1) is 0 Å². The molecule has 0 bridgehead atoms. The number of H-pyrrole nitrogens is 1. The van der Waals surface area contributed by atoms with E-state index in [1.807, 2.05) is 30.6 Å². The van der Waals surface area contributed by atoms with Gasteiger partial charge < -0.3 is 9.72 Å². The van der Waals surface area contributed by atoms with Gasteiger partial charge in [0.1, 0.15) is 0 Å². The molecule has 1 aliphatic rings. The summed E-state index contributed by atoms with van der Waals surface area (Å²) in [4.78, 5) is 16.4. The molecule has 3 aromatic heterocycles. The average molecular weight is 340 g/mol. The minimum atomic E-state index is 0.608. The molecule has 3 heterocycles. The van der Waals surface area contributed by atoms with E-state index in [0.29, 0.717) is 5.88 Å². The van der Waals surface area contributed by atoms with Gasteiger partial charge in [0, 0.05) is 41.6 Å². The first-order valence-corrected chi connectivity index (χ1v) is 8.45. The highest BCUT2D eigenvalue weighted by Crippen LogP contribution is 2.35. The number of allylic oxidation sites excluding steroid dienone is 1. The first kappa shape index (κ1) is 14.8. The number of hydrogen-bond acceptors (Lipinski definition) is 4. The van der Waals surface area contributed by atoms with Crippen molar-refractivity contribution >= 4 is 16.6 Å². The quantitative estimate of drug-likeness (QED) is 0.612. The largest absolute Gasteiger partial charge is 0.481 e. The van der Waals surface area contributed by atoms with Crippen LogP contribution in [-0.2, 0) is 6.42 Å². The number of methoxy groups -OCH3 is 1. The van der Waals surface area contributed by atoms with Crippen LogP contribution in [0.15, 0.2) is 61.2 Å². The second kappa shape index (κ2) is 5.81. The van der Waals surface area contributed by atoms with Crippen LogP contribution in [-0.4, -0.2) is 27.0 Å². The minimum Gasteiger partial charge on any atom is -0.481 e. The van der Waals surface area contributed by atoms with Crippen molar-refractivity contribution in [1.82, 2.24) is 19.9 Å². The van der Waals surface area contributed by atoms with Crippen molar-refractivity contribution in [2.75, 3.05) is 7.11 Å². The molecule has 1 aliphatic carbocycles. The summed E-state index contributed by atoms with van der Waals surface area (Å²) in [5, 5.41) is 0. The second-order valence-electron chi connectivity index (χ2n) is 6.26. The van der Waals surface area contributed by atoms with Crippen molar-refractivity contribution < 1.29 is 4.74 Å². The van der Waals surface area contributed by atoms with E-state index in [9.17, 15) is 0 Å². The van der Waals surface area contributed by atoms with Crippen molar-refractivity contribution in [2.24, 2.45) is 0 Å². The maximum absolute atomic E-state index is 5.14. The Morgan fingerprint density at radius 3 is 2.65 bits per heavy atom. The predicted molar refractivity (Wildman–Crippen MR) is 101 cm³/mol. The minimum absolute atomic E-state index is 0.608. The van der Waals surface area contributed by atoms with Gasteiger partial charge in [-0.25, -0.2) is 9.97 Å². The van der Waals surface area contributed by atoms with Gasteiger partial charge in [0.05, 0.1) is 30.2 Å². The lowest BCUT2D eigenvalue weighted by atomic mass is 9.98. The third-order valence-electron chi connectivity index (χ3n) is 4.77. The highest BCUT2D eigenvalue weighted by Gasteiger charge is 2.18. The lowest BCUT2D eigenvalue weighted by molar-refractivity contribution is 0.398. The van der Waals surface area contributed by atoms with Gasteiger partial charge in [-0.2, -0.15) is 0 Å². The lowest BCUT2D eigenvalue weighted by Crippen LogP contribution is -1.93. The van der Waals surface area contributed by atoms with E-state index < -0.39 is 0 Å². The first-order chi connectivity index (χ1) is 12.8. The Kier molecular flexibility index (Phi) is 3.31. The summed E-state index contributed by atoms with van der Waals surface area (Å²) in [6.07, 6.45) is 8.55. The zero-order valence-electron chi connectivity index (χ0n) is 14.2. The van der Waals surface area contributed by atoms with Crippen LogP contribution < -0.4 is 4.74 Å². The average Bonchev–Trinajstić information content (AvgIpc) is 3.33. The van der Waals surface area contributed by atoms with Crippen LogP contribution in [0.1, 0.15) is 16.8 Å². The number of ether oxygens (including phenoxy) is 1. The molecule has 126 valence electrons. The number of aromatic nitrogens is 4. The van der Waals surface area contributed by atoms with Crippen molar-refractivity contribution in [3.63, 3.8) is 0 Å². The summed E-state index contributed by atoms with van der Waals surface area (Å²) >= 11 is 0. The molecule has 0 amide bonds. The van der Waals surface area contributed by atoms with Crippen molar-refractivity contribution in [3.05, 3.63) is 78.0 Å². The van der Waals surface area contributed by atoms with Gasteiger partial charge in [0.2, 0.25) is 5.88 Å². The molecule has 0 radical (unpaired) electrons. The number of nitrogens with zero attached hydrogens (tertiary/aromatic N) is 3. The van der Waals surface area contributed by atoms with E-state index in [-0.39, 0.29) is 0 Å². The Bertz CT molecular complexity index is 1140. The van der Waals surface area contributed by atoms with E-state index in [4.69, 9.17) is 4.74 Å². The molecule has 5 rings (SSSR count). The SMILES string of the molecule is COc1ccc(-c2cnc3c(c2)C(c2ccc4nc[nH]c4c2)=CC3)cn1. The molecule has 0 unspecified atom stereocenters. The Morgan fingerprint density at radius 2 is 1.81 bits per heavy atom. The monoisotopic (exact) mass is 340 g/mol. The molecule has 0 aliphatic heterocycles. The van der Waals surface area contributed by atoms with E-state index >= 15 is 0 Å². The molecule has 0 saturated carbocycles. The molecule has 0 saturated heterocycles. The Balaban J connectivity index is 1.56. The molecule has 4 aromatic rings. The highest BCUT2D eigenvalue weighted by atomic mass is 16.5. The Labute approximate surface area is 150 Å². The van der Waals surface area contributed by atoms with Crippen molar-refractivity contribution in [1.29, 1.82) is 0 Å². The first-order valence-electron chi connectivity index (χ1n) is 8.45. The predicted octanol–water partition coefficient (Wildman–Crippen LogP) is 4.02. The molecular weight excluding hydrogens is 324 g/mol. The molecule has 0 spiro atoms. The third-order valence-corrected chi connectivity index (χ3v) is 4.77. The summed E-state index contributed by atoms with van der Waals surface area (Å²) in [5.74, 6) is 0.608. The normalized spacial score (nSPS) is 12.9. The van der Waals surface area contributed by atoms with Crippen LogP contribution in [0.2, 0.25) is 0 Å². The molecule has 1 aromatic carbocycles. The Morgan fingerprint density at radius 1 is 0.923 bits per heavy atom. The highest BCUT2D eigenvalue weighted by molar-refractivity contribution is 5.89. The molecule has 0 atom stereocenters. The number of fused-ring (bicyclic) bond motifs is 2. The van der Waals surface area contributed by atoms with Crippen molar-refractivity contribution in [3.8, 4) is 17.0 Å². The summed E-state index contributed by atoms with van der Waals surface area (Å²) in [7, 11) is 1.62. The Hall–Kier alpha value is -3.47. The molecule has 26 heavy (non-hydrogen) atoms. The number of imidazole rings is 1. The molecule has 5 nitrogen and oxygen atoms in total. The van der Waals surface area contributed by atoms with Gasteiger partial charge >= 0.3 is 0 Å². The number of benzene rings is 1. The van der Waals surface area contributed by atoms with Gasteiger partial charge in [0.15, 0.2) is 0 Å². The summed E-state index contributed by atoms with van der Waals surface area (Å²) in [6.45, 7) is 0. The van der Waals surface area contributed by atoms with Crippen LogP contribution in [0.25, 0.3) is 27.7 Å². The van der Waals surface area contributed by atoms with Crippen LogP contribution in [0.3, 0.4) is 0 Å². The van der Waals surface area contributed by atoms with E-state index in [1.54, 1.807) is 13.4 Å². The topological polar surface area (TPSA) is 63.7 Å². The molecule has 0 fully saturated rings. The number of hydrogen-bond donors (Lipinski definition) is 1. The fraction of sp³-hybridized carbons (Fsp3) is 0.0952. The summed E-state index contributed by atoms with van der Waals surface area (Å²) in [6, 6.07) is 12.4. The fourth-order valence-electron chi connectivity index (χ4n) is 3.40. The van der Waals surface area contributed by atoms with Gasteiger partial charge in [0.25, 0.3) is 0 Å². The zero-order valence-corrected chi connectivity index (χ0v) is 14.2. The fourth-order valence-corrected chi connectivity index (χ4v) is 3.40. The third kappa shape index (κ3) is 2.37. The van der Waals surface area contributed by atoms with Crippen molar-refractivity contribution in [2.45, 2.75) is 6.42 Å². The van der Waals surface area contributed by atoms with Crippen LogP contribution in [0, 0.1) is 0 Å². The van der Waals surface area contributed by atoms with E-state index in [0.717, 1.165) is 34.3 Å². The van der Waals surface area contributed by atoms with Crippen LogP contribution >= 0.6 is 0 Å². The smallest absolute Gasteiger partial charge is 0.212 e. The van der Waals surface area contributed by atoms with Gasteiger partial charge in [-0.3, -0.25) is 4.98 Å². The van der Waals surface area contributed by atoms with Gasteiger partial charge in [-0.05, 0) is 35.4 Å². The number of aromatic amines is 1. The maximum atomic E-state index is 5.14. The van der Waals surface area contributed by atoms with Crippen LogP contribution in [0.5, 0.6) is 5.88 Å². The summed E-state index contributed by atoms with van der Waals surface area (Å²) < 4.78 is 5.14. The van der Waals surface area contributed by atoms with E-state index in [2.05, 4.69) is 44.2 Å². The maximum Gasteiger partial charge on any atom is 0.212 e. The zero-order chi connectivity index (χ0) is 17.5. The number of nitrogens with one attached hydrogen (secondary N) is 1.